The summed E-state index contributed by atoms with van der Waals surface area (Å²) in [6, 6.07) is 3.75. The fraction of sp³-hybridized carbons (Fsp3) is 0.500. The normalized spacial score (nSPS) is 11.2. The van der Waals surface area contributed by atoms with Gasteiger partial charge in [-0.15, -0.1) is 0 Å². The smallest absolute Gasteiger partial charge is 0.259 e. The highest BCUT2D eigenvalue weighted by Crippen LogP contribution is 2.16. The highest BCUT2D eigenvalue weighted by Gasteiger charge is 2.13. The van der Waals surface area contributed by atoms with Crippen molar-refractivity contribution >= 4 is 12.2 Å². The van der Waals surface area contributed by atoms with Crippen LogP contribution in [0.25, 0.3) is 11.4 Å². The molecule has 0 aliphatic rings. The second-order valence-corrected chi connectivity index (χ2v) is 5.56. The van der Waals surface area contributed by atoms with Crippen LogP contribution in [0.2, 0.25) is 0 Å². The summed E-state index contributed by atoms with van der Waals surface area (Å²) in [7, 11) is 0. The van der Waals surface area contributed by atoms with Gasteiger partial charge in [0, 0.05) is 12.2 Å². The first-order valence-corrected chi connectivity index (χ1v) is 7.34. The summed E-state index contributed by atoms with van der Waals surface area (Å²) in [6.07, 6.45) is 2.07. The molecule has 20 heavy (non-hydrogen) atoms. The van der Waals surface area contributed by atoms with Gasteiger partial charge >= 0.3 is 0 Å². The molecular weight excluding hydrogens is 272 g/mol. The molecule has 2 aromatic heterocycles. The Hall–Kier alpha value is -1.69. The molecule has 2 heterocycles. The van der Waals surface area contributed by atoms with Gasteiger partial charge in [-0.05, 0) is 36.7 Å². The maximum atomic E-state index is 12.2. The summed E-state index contributed by atoms with van der Waals surface area (Å²) < 4.78 is 2.44. The fourth-order valence-electron chi connectivity index (χ4n) is 2.05. The Kier molecular flexibility index (Phi) is 4.54. The largest absolute Gasteiger partial charge is 0.325 e. The van der Waals surface area contributed by atoms with Gasteiger partial charge in [-0.25, -0.2) is 0 Å². The summed E-state index contributed by atoms with van der Waals surface area (Å²) in [6.45, 7) is 6.98. The lowest BCUT2D eigenvalue weighted by atomic mass is 10.1. The lowest BCUT2D eigenvalue weighted by Crippen LogP contribution is -2.14. The van der Waals surface area contributed by atoms with E-state index < -0.39 is 0 Å². The van der Waals surface area contributed by atoms with Crippen LogP contribution in [0.1, 0.15) is 45.2 Å². The predicted octanol–water partition coefficient (Wildman–Crippen LogP) is 3.22. The van der Waals surface area contributed by atoms with E-state index in [0.717, 1.165) is 25.1 Å². The second kappa shape index (κ2) is 6.17. The minimum Gasteiger partial charge on any atom is -0.325 e. The Balaban J connectivity index is 2.47. The molecule has 0 spiro atoms. The third-order valence-corrected chi connectivity index (χ3v) is 3.60. The third kappa shape index (κ3) is 2.90. The zero-order chi connectivity index (χ0) is 14.7. The molecule has 5 nitrogen and oxygen atoms in total. The summed E-state index contributed by atoms with van der Waals surface area (Å²) in [5.74, 6) is 0.901. The minimum atomic E-state index is -0.122. The van der Waals surface area contributed by atoms with Crippen molar-refractivity contribution < 1.29 is 0 Å². The molecule has 2 N–H and O–H groups in total. The molecule has 0 unspecified atom stereocenters. The molecule has 0 aromatic carbocycles. The molecule has 0 radical (unpaired) electrons. The van der Waals surface area contributed by atoms with Gasteiger partial charge in [0.25, 0.3) is 5.56 Å². The molecule has 2 rings (SSSR count). The van der Waals surface area contributed by atoms with Crippen molar-refractivity contribution in [1.82, 2.24) is 19.7 Å². The Morgan fingerprint density at radius 3 is 2.75 bits per heavy atom. The van der Waals surface area contributed by atoms with Crippen LogP contribution >= 0.6 is 12.2 Å². The summed E-state index contributed by atoms with van der Waals surface area (Å²) in [5, 5.41) is 6.97. The van der Waals surface area contributed by atoms with E-state index in [9.17, 15) is 4.79 Å². The van der Waals surface area contributed by atoms with E-state index in [4.69, 9.17) is 12.2 Å². The molecule has 108 valence electrons. The van der Waals surface area contributed by atoms with E-state index in [-0.39, 0.29) is 11.5 Å². The molecule has 0 aliphatic carbocycles. The highest BCUT2D eigenvalue weighted by molar-refractivity contribution is 7.71. The number of nitrogens with zero attached hydrogens (tertiary/aromatic N) is 2. The van der Waals surface area contributed by atoms with Crippen LogP contribution in [-0.2, 0) is 6.54 Å². The Labute approximate surface area is 123 Å². The van der Waals surface area contributed by atoms with Crippen LogP contribution in [0, 0.1) is 4.77 Å². The Bertz CT molecular complexity index is 696. The van der Waals surface area contributed by atoms with Crippen LogP contribution in [0.3, 0.4) is 0 Å². The van der Waals surface area contributed by atoms with E-state index in [1.807, 2.05) is 30.5 Å². The zero-order valence-electron chi connectivity index (χ0n) is 12.1. The number of hydrogen-bond donors (Lipinski definition) is 2. The van der Waals surface area contributed by atoms with Crippen LogP contribution in [-0.4, -0.2) is 19.7 Å². The molecule has 0 amide bonds. The SMILES string of the molecule is CCCCn1c(-c2ccc(C(C)C)[nH]c2=O)n[nH]c1=S. The van der Waals surface area contributed by atoms with Crippen LogP contribution < -0.4 is 5.56 Å². The van der Waals surface area contributed by atoms with Crippen LogP contribution in [0.4, 0.5) is 0 Å². The van der Waals surface area contributed by atoms with E-state index in [0.29, 0.717) is 16.2 Å². The number of pyridine rings is 1. The van der Waals surface area contributed by atoms with Crippen molar-refractivity contribution in [1.29, 1.82) is 0 Å². The van der Waals surface area contributed by atoms with E-state index in [2.05, 4.69) is 22.1 Å². The number of aromatic amines is 2. The van der Waals surface area contributed by atoms with E-state index >= 15 is 0 Å². The van der Waals surface area contributed by atoms with E-state index in [1.54, 1.807) is 0 Å². The van der Waals surface area contributed by atoms with Gasteiger partial charge in [0.15, 0.2) is 10.6 Å². The topological polar surface area (TPSA) is 66.5 Å². The number of aromatic nitrogens is 4. The molecule has 0 saturated carbocycles. The number of nitrogens with one attached hydrogen (secondary N) is 2. The number of unbranched alkanes of at least 4 members (excludes halogenated alkanes) is 1. The molecule has 6 heteroatoms. The molecule has 0 bridgehead atoms. The summed E-state index contributed by atoms with van der Waals surface area (Å²) in [4.78, 5) is 15.1. The fourth-order valence-corrected chi connectivity index (χ4v) is 2.27. The van der Waals surface area contributed by atoms with Gasteiger partial charge in [0.1, 0.15) is 0 Å². The maximum Gasteiger partial charge on any atom is 0.259 e. The van der Waals surface area contributed by atoms with Crippen molar-refractivity contribution in [3.05, 3.63) is 33.0 Å². The average Bonchev–Trinajstić information content (AvgIpc) is 2.77. The van der Waals surface area contributed by atoms with Crippen molar-refractivity contribution in [3.8, 4) is 11.4 Å². The molecule has 2 aromatic rings. The van der Waals surface area contributed by atoms with Crippen molar-refractivity contribution in [3.63, 3.8) is 0 Å². The zero-order valence-corrected chi connectivity index (χ0v) is 12.9. The number of hydrogen-bond acceptors (Lipinski definition) is 3. The number of rotatable bonds is 5. The molecule has 0 saturated heterocycles. The van der Waals surface area contributed by atoms with Crippen LogP contribution in [0.5, 0.6) is 0 Å². The first-order chi connectivity index (χ1) is 9.54. The first-order valence-electron chi connectivity index (χ1n) is 6.93. The molecular formula is C14H20N4OS. The quantitative estimate of drug-likeness (QED) is 0.832. The molecule has 0 aliphatic heterocycles. The summed E-state index contributed by atoms with van der Waals surface area (Å²) in [5.41, 5.74) is 1.36. The maximum absolute atomic E-state index is 12.2. The Morgan fingerprint density at radius 2 is 2.15 bits per heavy atom. The van der Waals surface area contributed by atoms with Gasteiger partial charge in [-0.1, -0.05) is 27.2 Å². The lowest BCUT2D eigenvalue weighted by Gasteiger charge is -2.08. The van der Waals surface area contributed by atoms with Crippen LogP contribution in [0.15, 0.2) is 16.9 Å². The van der Waals surface area contributed by atoms with Gasteiger partial charge in [-0.2, -0.15) is 5.10 Å². The third-order valence-electron chi connectivity index (χ3n) is 3.29. The van der Waals surface area contributed by atoms with Crippen molar-refractivity contribution in [2.45, 2.75) is 46.1 Å². The monoisotopic (exact) mass is 292 g/mol. The average molecular weight is 292 g/mol. The highest BCUT2D eigenvalue weighted by atomic mass is 32.1. The standard InChI is InChI=1S/C14H20N4OS/c1-4-5-8-18-12(16-17-14(18)20)10-6-7-11(9(2)3)15-13(10)19/h6-7,9H,4-5,8H2,1-3H3,(H,15,19)(H,17,20). The van der Waals surface area contributed by atoms with Gasteiger partial charge in [0.05, 0.1) is 5.56 Å². The Morgan fingerprint density at radius 1 is 1.40 bits per heavy atom. The second-order valence-electron chi connectivity index (χ2n) is 5.17. The predicted molar refractivity (Wildman–Crippen MR) is 82.5 cm³/mol. The van der Waals surface area contributed by atoms with Crippen molar-refractivity contribution in [2.24, 2.45) is 0 Å². The lowest BCUT2D eigenvalue weighted by molar-refractivity contribution is 0.628. The van der Waals surface area contributed by atoms with Gasteiger partial charge in [-0.3, -0.25) is 9.89 Å². The molecule has 0 atom stereocenters. The van der Waals surface area contributed by atoms with Gasteiger partial charge in [0.2, 0.25) is 0 Å². The minimum absolute atomic E-state index is 0.122. The first kappa shape index (κ1) is 14.7. The van der Waals surface area contributed by atoms with Crippen molar-refractivity contribution in [2.75, 3.05) is 0 Å². The molecule has 0 fully saturated rings. The van der Waals surface area contributed by atoms with E-state index in [1.165, 1.54) is 0 Å². The summed E-state index contributed by atoms with van der Waals surface area (Å²) >= 11 is 5.23. The number of H-pyrrole nitrogens is 2. The van der Waals surface area contributed by atoms with Gasteiger partial charge < -0.3 is 9.55 Å².